The summed E-state index contributed by atoms with van der Waals surface area (Å²) in [5.74, 6) is 0.212. The summed E-state index contributed by atoms with van der Waals surface area (Å²) in [6.45, 7) is 5.30. The lowest BCUT2D eigenvalue weighted by Gasteiger charge is -2.37. The van der Waals surface area contributed by atoms with Crippen LogP contribution in [0.5, 0.6) is 0 Å². The van der Waals surface area contributed by atoms with Crippen molar-refractivity contribution in [3.8, 4) is 0 Å². The van der Waals surface area contributed by atoms with Crippen molar-refractivity contribution in [3.63, 3.8) is 0 Å². The zero-order valence-corrected chi connectivity index (χ0v) is 8.04. The highest BCUT2D eigenvalue weighted by Gasteiger charge is 2.31. The van der Waals surface area contributed by atoms with Gasteiger partial charge in [-0.15, -0.1) is 0 Å². The van der Waals surface area contributed by atoms with E-state index in [2.05, 4.69) is 11.8 Å². The second-order valence-corrected chi connectivity index (χ2v) is 3.35. The van der Waals surface area contributed by atoms with E-state index in [1.54, 1.807) is 6.92 Å². The Morgan fingerprint density at radius 1 is 1.67 bits per heavy atom. The summed E-state index contributed by atoms with van der Waals surface area (Å²) in [7, 11) is 1.98. The minimum Gasteiger partial charge on any atom is -0.375 e. The number of carbonyl (C=O) groups is 1. The molecule has 70 valence electrons. The van der Waals surface area contributed by atoms with E-state index in [1.165, 1.54) is 0 Å². The van der Waals surface area contributed by atoms with E-state index in [9.17, 15) is 4.79 Å². The van der Waals surface area contributed by atoms with Gasteiger partial charge in [0.25, 0.3) is 0 Å². The zero-order valence-electron chi connectivity index (χ0n) is 8.04. The van der Waals surface area contributed by atoms with Crippen LogP contribution in [0, 0.1) is 0 Å². The first-order valence-electron chi connectivity index (χ1n) is 4.49. The lowest BCUT2D eigenvalue weighted by Crippen LogP contribution is -2.52. The quantitative estimate of drug-likeness (QED) is 0.612. The van der Waals surface area contributed by atoms with E-state index < -0.39 is 0 Å². The molecule has 3 heteroatoms. The molecule has 1 aliphatic heterocycles. The first-order chi connectivity index (χ1) is 5.66. The van der Waals surface area contributed by atoms with Crippen LogP contribution in [-0.2, 0) is 9.53 Å². The molecular formula is C9H17NO2. The predicted molar refractivity (Wildman–Crippen MR) is 47.1 cm³/mol. The van der Waals surface area contributed by atoms with Crippen LogP contribution >= 0.6 is 0 Å². The molecule has 0 radical (unpaired) electrons. The van der Waals surface area contributed by atoms with Crippen LogP contribution in [0.3, 0.4) is 0 Å². The van der Waals surface area contributed by atoms with Crippen molar-refractivity contribution in [1.82, 2.24) is 4.90 Å². The lowest BCUT2D eigenvalue weighted by molar-refractivity contribution is -0.134. The van der Waals surface area contributed by atoms with Crippen LogP contribution in [0.15, 0.2) is 0 Å². The highest BCUT2D eigenvalue weighted by Crippen LogP contribution is 2.15. The molecule has 2 atom stereocenters. The van der Waals surface area contributed by atoms with Crippen LogP contribution in [0.1, 0.15) is 20.3 Å². The molecular weight excluding hydrogens is 154 g/mol. The van der Waals surface area contributed by atoms with Gasteiger partial charge in [-0.1, -0.05) is 6.92 Å². The Morgan fingerprint density at radius 2 is 2.33 bits per heavy atom. The molecule has 2 unspecified atom stereocenters. The van der Waals surface area contributed by atoms with Gasteiger partial charge in [-0.05, 0) is 20.4 Å². The van der Waals surface area contributed by atoms with Crippen LogP contribution in [0.2, 0.25) is 0 Å². The summed E-state index contributed by atoms with van der Waals surface area (Å²) >= 11 is 0. The standard InChI is InChI=1S/C9H17NO2/c1-4-8-9(7(2)11)10(3)5-6-12-8/h8-9H,4-6H2,1-3H3. The predicted octanol–water partition coefficient (Wildman–Crippen LogP) is 0.685. The minimum atomic E-state index is -0.0243. The first-order valence-corrected chi connectivity index (χ1v) is 4.49. The molecule has 0 saturated carbocycles. The molecule has 12 heavy (non-hydrogen) atoms. The third-order valence-electron chi connectivity index (χ3n) is 2.42. The fourth-order valence-electron chi connectivity index (χ4n) is 1.78. The van der Waals surface area contributed by atoms with Gasteiger partial charge in [0, 0.05) is 6.54 Å². The smallest absolute Gasteiger partial charge is 0.149 e. The molecule has 1 saturated heterocycles. The Labute approximate surface area is 73.7 Å². The molecule has 0 aromatic rings. The minimum absolute atomic E-state index is 0.0243. The summed E-state index contributed by atoms with van der Waals surface area (Å²) in [6.07, 6.45) is 1.01. The number of ether oxygens (including phenoxy) is 1. The maximum absolute atomic E-state index is 11.3. The van der Waals surface area contributed by atoms with Gasteiger partial charge < -0.3 is 4.74 Å². The number of hydrogen-bond donors (Lipinski definition) is 0. The number of nitrogens with zero attached hydrogens (tertiary/aromatic N) is 1. The van der Waals surface area contributed by atoms with E-state index >= 15 is 0 Å². The van der Waals surface area contributed by atoms with Gasteiger partial charge in [0.05, 0.1) is 18.8 Å². The van der Waals surface area contributed by atoms with Gasteiger partial charge in [0.1, 0.15) is 5.78 Å². The number of likely N-dealkylation sites (N-methyl/N-ethyl adjacent to an activating group) is 1. The van der Waals surface area contributed by atoms with Crippen LogP contribution in [0.25, 0.3) is 0 Å². The third-order valence-corrected chi connectivity index (χ3v) is 2.42. The van der Waals surface area contributed by atoms with Crippen molar-refractivity contribution in [2.75, 3.05) is 20.2 Å². The molecule has 0 N–H and O–H groups in total. The summed E-state index contributed by atoms with van der Waals surface area (Å²) < 4.78 is 5.51. The molecule has 0 aromatic carbocycles. The molecule has 1 heterocycles. The van der Waals surface area contributed by atoms with E-state index in [1.807, 2.05) is 7.05 Å². The number of Topliss-reactive ketones (excluding diaryl/α,β-unsaturated/α-hetero) is 1. The number of hydrogen-bond acceptors (Lipinski definition) is 3. The van der Waals surface area contributed by atoms with Gasteiger partial charge in [0.2, 0.25) is 0 Å². The fourth-order valence-corrected chi connectivity index (χ4v) is 1.78. The highest BCUT2D eigenvalue weighted by atomic mass is 16.5. The van der Waals surface area contributed by atoms with Crippen molar-refractivity contribution in [1.29, 1.82) is 0 Å². The van der Waals surface area contributed by atoms with Gasteiger partial charge in [-0.3, -0.25) is 9.69 Å². The zero-order chi connectivity index (χ0) is 9.14. The molecule has 1 rings (SSSR count). The first kappa shape index (κ1) is 9.68. The topological polar surface area (TPSA) is 29.5 Å². The Balaban J connectivity index is 2.66. The molecule has 0 aliphatic carbocycles. The molecule has 0 aromatic heterocycles. The summed E-state index contributed by atoms with van der Waals surface area (Å²) in [5.41, 5.74) is 0. The monoisotopic (exact) mass is 171 g/mol. The van der Waals surface area contributed by atoms with Gasteiger partial charge in [-0.2, -0.15) is 0 Å². The average molecular weight is 171 g/mol. The van der Waals surface area contributed by atoms with E-state index in [4.69, 9.17) is 4.74 Å². The fraction of sp³-hybridized carbons (Fsp3) is 0.889. The van der Waals surface area contributed by atoms with Crippen LogP contribution < -0.4 is 0 Å². The maximum atomic E-state index is 11.3. The molecule has 1 fully saturated rings. The highest BCUT2D eigenvalue weighted by molar-refractivity contribution is 5.82. The number of carbonyl (C=O) groups excluding carboxylic acids is 1. The van der Waals surface area contributed by atoms with Gasteiger partial charge in [0.15, 0.2) is 0 Å². The van der Waals surface area contributed by atoms with E-state index in [-0.39, 0.29) is 17.9 Å². The van der Waals surface area contributed by atoms with E-state index in [0.717, 1.165) is 19.6 Å². The number of rotatable bonds is 2. The third kappa shape index (κ3) is 1.84. The Morgan fingerprint density at radius 3 is 2.75 bits per heavy atom. The van der Waals surface area contributed by atoms with Crippen molar-refractivity contribution in [2.24, 2.45) is 0 Å². The molecule has 0 amide bonds. The van der Waals surface area contributed by atoms with Crippen molar-refractivity contribution < 1.29 is 9.53 Å². The summed E-state index contributed by atoms with van der Waals surface area (Å²) in [6, 6.07) is -0.0243. The molecule has 1 aliphatic rings. The molecule has 0 bridgehead atoms. The van der Waals surface area contributed by atoms with Gasteiger partial charge in [-0.25, -0.2) is 0 Å². The lowest BCUT2D eigenvalue weighted by atomic mass is 10.0. The van der Waals surface area contributed by atoms with Crippen LogP contribution in [-0.4, -0.2) is 43.0 Å². The van der Waals surface area contributed by atoms with Crippen molar-refractivity contribution >= 4 is 5.78 Å². The van der Waals surface area contributed by atoms with E-state index in [0.29, 0.717) is 0 Å². The number of ketones is 1. The SMILES string of the molecule is CCC1OCCN(C)C1C(C)=O. The maximum Gasteiger partial charge on any atom is 0.149 e. The van der Waals surface area contributed by atoms with Crippen LogP contribution in [0.4, 0.5) is 0 Å². The second-order valence-electron chi connectivity index (χ2n) is 3.35. The normalized spacial score (nSPS) is 31.9. The van der Waals surface area contributed by atoms with Crippen molar-refractivity contribution in [2.45, 2.75) is 32.4 Å². The van der Waals surface area contributed by atoms with Gasteiger partial charge >= 0.3 is 0 Å². The number of morpholine rings is 1. The Hall–Kier alpha value is -0.410. The summed E-state index contributed by atoms with van der Waals surface area (Å²) in [4.78, 5) is 13.3. The average Bonchev–Trinajstić information content (AvgIpc) is 2.03. The second kappa shape index (κ2) is 4.01. The largest absolute Gasteiger partial charge is 0.375 e. The Kier molecular flexibility index (Phi) is 3.23. The summed E-state index contributed by atoms with van der Waals surface area (Å²) in [5, 5.41) is 0. The molecule has 0 spiro atoms. The molecule has 3 nitrogen and oxygen atoms in total. The van der Waals surface area contributed by atoms with Crippen molar-refractivity contribution in [3.05, 3.63) is 0 Å². The Bertz CT molecular complexity index is 170.